The summed E-state index contributed by atoms with van der Waals surface area (Å²) in [6.07, 6.45) is 10.8. The molecule has 0 rings (SSSR count). The van der Waals surface area contributed by atoms with Gasteiger partial charge < -0.3 is 17.2 Å². The van der Waals surface area contributed by atoms with Gasteiger partial charge in [-0.3, -0.25) is 24.0 Å². The molecule has 45 heavy (non-hydrogen) atoms. The lowest BCUT2D eigenvalue weighted by atomic mass is 10.0. The van der Waals surface area contributed by atoms with E-state index in [2.05, 4.69) is 6.92 Å². The molecule has 0 saturated carbocycles. The normalized spacial score (nSPS) is 10.2. The first-order chi connectivity index (χ1) is 20.9. The molecule has 0 aliphatic heterocycles. The minimum absolute atomic E-state index is 0.151. The molecule has 0 aromatic heterocycles. The predicted octanol–water partition coefficient (Wildman–Crippen LogP) is 7.65. The van der Waals surface area contributed by atoms with Crippen molar-refractivity contribution in [1.29, 1.82) is 0 Å². The standard InChI is InChI=1S/C9H19NO.C9H18O.C7H15NO.C6H13NO.C6H12O/c1-8(2)9(11)6-4-3-5-7-10;1-4-5-6-7-9(10)8(2)3;1-6(2)7(9)4-3-5-8;1-5(2)6(8)3-4-7;1-4-6(7)5(2)3/h8H,3-7,10H2,1-2H3;8H,4-7H2,1-3H3;6H,3-5,8H2,1-2H3;5H,3-4,7H2,1-2H3;5H,4H2,1-3H3. The van der Waals surface area contributed by atoms with E-state index in [-0.39, 0.29) is 35.4 Å². The topological polar surface area (TPSA) is 163 Å². The first kappa shape index (κ1) is 52.7. The Kier molecular flexibility index (Phi) is 45.0. The van der Waals surface area contributed by atoms with E-state index in [1.807, 2.05) is 76.2 Å². The molecule has 0 aromatic rings. The minimum atomic E-state index is 0.151. The number of unbranched alkanes of at least 4 members (excludes halogenated alkanes) is 4. The van der Waals surface area contributed by atoms with Crippen LogP contribution in [0.3, 0.4) is 0 Å². The zero-order valence-corrected chi connectivity index (χ0v) is 31.8. The van der Waals surface area contributed by atoms with Crippen LogP contribution in [0, 0.1) is 29.6 Å². The van der Waals surface area contributed by atoms with Gasteiger partial charge in [0.2, 0.25) is 0 Å². The lowest BCUT2D eigenvalue weighted by Gasteiger charge is -2.02. The number of Topliss-reactive ketones (excluding diaryl/α,β-unsaturated/α-hetero) is 5. The monoisotopic (exact) mass is 644 g/mol. The summed E-state index contributed by atoms with van der Waals surface area (Å²) in [4.78, 5) is 54.1. The molecule has 0 aromatic carbocycles. The SMILES string of the molecule is CC(C)C(=O)CCCCCN.CC(C)C(=O)CCCN.CC(C)C(=O)CCN.CCC(=O)C(C)C.CCCCCC(=O)C(C)C. The van der Waals surface area contributed by atoms with Crippen LogP contribution in [-0.2, 0) is 24.0 Å². The zero-order valence-electron chi connectivity index (χ0n) is 31.8. The van der Waals surface area contributed by atoms with Gasteiger partial charge >= 0.3 is 0 Å². The summed E-state index contributed by atoms with van der Waals surface area (Å²) < 4.78 is 0. The third kappa shape index (κ3) is 46.8. The molecule has 0 heterocycles. The molecule has 8 nitrogen and oxygen atoms in total. The smallest absolute Gasteiger partial charge is 0.136 e. The van der Waals surface area contributed by atoms with E-state index in [0.717, 1.165) is 51.5 Å². The Labute approximate surface area is 279 Å². The maximum atomic E-state index is 11.1. The van der Waals surface area contributed by atoms with Gasteiger partial charge in [0.15, 0.2) is 0 Å². The summed E-state index contributed by atoms with van der Waals surface area (Å²) >= 11 is 0. The van der Waals surface area contributed by atoms with Gasteiger partial charge in [0.1, 0.15) is 28.9 Å². The Morgan fingerprint density at radius 1 is 0.378 bits per heavy atom. The fraction of sp³-hybridized carbons (Fsp3) is 0.865. The molecule has 0 amide bonds. The lowest BCUT2D eigenvalue weighted by molar-refractivity contribution is -0.122. The van der Waals surface area contributed by atoms with Crippen LogP contribution < -0.4 is 17.2 Å². The number of ketones is 5. The van der Waals surface area contributed by atoms with Crippen LogP contribution in [0.1, 0.15) is 160 Å². The van der Waals surface area contributed by atoms with Crippen LogP contribution >= 0.6 is 0 Å². The molecule has 0 aliphatic carbocycles. The van der Waals surface area contributed by atoms with Crippen molar-refractivity contribution in [2.75, 3.05) is 19.6 Å². The first-order valence-electron chi connectivity index (χ1n) is 17.6. The van der Waals surface area contributed by atoms with E-state index in [1.54, 1.807) is 0 Å². The average molecular weight is 644 g/mol. The third-order valence-corrected chi connectivity index (χ3v) is 6.74. The van der Waals surface area contributed by atoms with Crippen LogP contribution in [0.5, 0.6) is 0 Å². The molecule has 0 saturated heterocycles. The van der Waals surface area contributed by atoms with E-state index in [4.69, 9.17) is 17.2 Å². The second-order valence-electron chi connectivity index (χ2n) is 12.9. The van der Waals surface area contributed by atoms with Crippen LogP contribution in [0.15, 0.2) is 0 Å². The number of carbonyl (C=O) groups excluding carboxylic acids is 5. The molecular formula is C37H77N3O5. The van der Waals surface area contributed by atoms with Crippen molar-refractivity contribution < 1.29 is 24.0 Å². The average Bonchev–Trinajstić information content (AvgIpc) is 2.98. The van der Waals surface area contributed by atoms with Gasteiger partial charge in [0, 0.05) is 61.7 Å². The van der Waals surface area contributed by atoms with Crippen LogP contribution in [0.2, 0.25) is 0 Å². The van der Waals surface area contributed by atoms with E-state index in [1.165, 1.54) is 12.8 Å². The largest absolute Gasteiger partial charge is 0.330 e. The Bertz CT molecular complexity index is 717. The van der Waals surface area contributed by atoms with Crippen molar-refractivity contribution in [2.45, 2.75) is 160 Å². The fourth-order valence-electron chi connectivity index (χ4n) is 3.15. The molecule has 0 radical (unpaired) electrons. The van der Waals surface area contributed by atoms with Gasteiger partial charge in [-0.2, -0.15) is 0 Å². The van der Waals surface area contributed by atoms with Crippen LogP contribution in [-0.4, -0.2) is 48.6 Å². The number of hydrogen-bond donors (Lipinski definition) is 3. The molecule has 270 valence electrons. The van der Waals surface area contributed by atoms with E-state index >= 15 is 0 Å². The molecule has 0 unspecified atom stereocenters. The second-order valence-corrected chi connectivity index (χ2v) is 12.9. The summed E-state index contributed by atoms with van der Waals surface area (Å²) in [5.41, 5.74) is 15.7. The van der Waals surface area contributed by atoms with Gasteiger partial charge in [0.05, 0.1) is 0 Å². The van der Waals surface area contributed by atoms with E-state index < -0.39 is 0 Å². The number of carbonyl (C=O) groups is 5. The highest BCUT2D eigenvalue weighted by Gasteiger charge is 2.07. The highest BCUT2D eigenvalue weighted by atomic mass is 16.1. The van der Waals surface area contributed by atoms with Gasteiger partial charge in [0.25, 0.3) is 0 Å². The zero-order chi connectivity index (χ0) is 36.4. The maximum absolute atomic E-state index is 11.1. The number of nitrogens with two attached hydrogens (primary N) is 3. The molecule has 0 fully saturated rings. The van der Waals surface area contributed by atoms with E-state index in [9.17, 15) is 24.0 Å². The van der Waals surface area contributed by atoms with Crippen molar-refractivity contribution in [3.05, 3.63) is 0 Å². The van der Waals surface area contributed by atoms with Crippen molar-refractivity contribution in [1.82, 2.24) is 0 Å². The van der Waals surface area contributed by atoms with E-state index in [0.29, 0.717) is 55.5 Å². The Morgan fingerprint density at radius 3 is 0.911 bits per heavy atom. The highest BCUT2D eigenvalue weighted by Crippen LogP contribution is 2.06. The molecule has 8 heteroatoms. The molecule has 6 N–H and O–H groups in total. The predicted molar refractivity (Wildman–Crippen MR) is 193 cm³/mol. The highest BCUT2D eigenvalue weighted by molar-refractivity contribution is 5.81. The third-order valence-electron chi connectivity index (χ3n) is 6.74. The molecular weight excluding hydrogens is 566 g/mol. The Balaban J connectivity index is -0.000000149. The number of rotatable bonds is 20. The van der Waals surface area contributed by atoms with Gasteiger partial charge in [-0.05, 0) is 45.3 Å². The Morgan fingerprint density at radius 2 is 0.689 bits per heavy atom. The van der Waals surface area contributed by atoms with Crippen molar-refractivity contribution >= 4 is 28.9 Å². The van der Waals surface area contributed by atoms with Gasteiger partial charge in [-0.25, -0.2) is 0 Å². The van der Waals surface area contributed by atoms with Crippen molar-refractivity contribution in [3.63, 3.8) is 0 Å². The maximum Gasteiger partial charge on any atom is 0.136 e. The molecule has 0 spiro atoms. The summed E-state index contributed by atoms with van der Waals surface area (Å²) in [5, 5.41) is 0. The summed E-state index contributed by atoms with van der Waals surface area (Å²) in [7, 11) is 0. The lowest BCUT2D eigenvalue weighted by Crippen LogP contribution is -2.12. The molecule has 0 aliphatic rings. The Hall–Kier alpha value is -1.77. The summed E-state index contributed by atoms with van der Waals surface area (Å²) in [5.74, 6) is 2.70. The fourth-order valence-corrected chi connectivity index (χ4v) is 3.15. The van der Waals surface area contributed by atoms with Gasteiger partial charge in [-0.1, -0.05) is 102 Å². The van der Waals surface area contributed by atoms with Crippen molar-refractivity contribution in [2.24, 2.45) is 46.8 Å². The second kappa shape index (κ2) is 38.4. The summed E-state index contributed by atoms with van der Waals surface area (Å²) in [6.45, 7) is 25.2. The van der Waals surface area contributed by atoms with Crippen LogP contribution in [0.25, 0.3) is 0 Å². The minimum Gasteiger partial charge on any atom is -0.330 e. The first-order valence-corrected chi connectivity index (χ1v) is 17.6. The molecule has 0 bridgehead atoms. The summed E-state index contributed by atoms with van der Waals surface area (Å²) in [6, 6.07) is 0. The number of hydrogen-bond acceptors (Lipinski definition) is 8. The van der Waals surface area contributed by atoms with Crippen molar-refractivity contribution in [3.8, 4) is 0 Å². The van der Waals surface area contributed by atoms with Crippen LogP contribution in [0.4, 0.5) is 0 Å². The quantitative estimate of drug-likeness (QED) is 0.114. The molecule has 0 atom stereocenters. The van der Waals surface area contributed by atoms with Gasteiger partial charge in [-0.15, -0.1) is 0 Å².